The van der Waals surface area contributed by atoms with E-state index in [9.17, 15) is 4.39 Å². The first-order chi connectivity index (χ1) is 10.2. The summed E-state index contributed by atoms with van der Waals surface area (Å²) in [7, 11) is 0. The normalized spacial score (nSPS) is 12.3. The third kappa shape index (κ3) is 4.04. The zero-order valence-corrected chi connectivity index (χ0v) is 12.6. The molecule has 0 saturated heterocycles. The maximum absolute atomic E-state index is 13.9. The van der Waals surface area contributed by atoms with Crippen LogP contribution in [0.5, 0.6) is 0 Å². The standard InChI is InChI=1S/C16H22FN3O/c1-3-21-12-6-9-18-16-19-10-11-20(16)13(2)14-7-4-5-8-15(14)17/h4-5,7-8,10-11,13H,3,6,9,12H2,1-2H3,(H,18,19). The summed E-state index contributed by atoms with van der Waals surface area (Å²) >= 11 is 0. The summed E-state index contributed by atoms with van der Waals surface area (Å²) in [6.45, 7) is 6.19. The summed E-state index contributed by atoms with van der Waals surface area (Å²) in [5.41, 5.74) is 0.660. The molecule has 1 aromatic heterocycles. The van der Waals surface area contributed by atoms with Crippen molar-refractivity contribution in [2.45, 2.75) is 26.3 Å². The van der Waals surface area contributed by atoms with Gasteiger partial charge in [0.05, 0.1) is 6.04 Å². The molecule has 2 rings (SSSR count). The van der Waals surface area contributed by atoms with E-state index in [0.717, 1.165) is 32.1 Å². The molecule has 2 aromatic rings. The van der Waals surface area contributed by atoms with Gasteiger partial charge in [-0.15, -0.1) is 0 Å². The Morgan fingerprint density at radius 1 is 1.38 bits per heavy atom. The van der Waals surface area contributed by atoms with Gasteiger partial charge in [0.15, 0.2) is 0 Å². The molecule has 0 radical (unpaired) electrons. The number of nitrogens with one attached hydrogen (secondary N) is 1. The molecule has 0 aliphatic rings. The van der Waals surface area contributed by atoms with Crippen molar-refractivity contribution >= 4 is 5.95 Å². The molecule has 0 spiro atoms. The fourth-order valence-corrected chi connectivity index (χ4v) is 2.24. The quantitative estimate of drug-likeness (QED) is 0.757. The number of anilines is 1. The molecule has 0 aliphatic carbocycles. The Morgan fingerprint density at radius 3 is 2.95 bits per heavy atom. The van der Waals surface area contributed by atoms with Crippen molar-refractivity contribution in [3.05, 3.63) is 48.0 Å². The summed E-state index contributed by atoms with van der Waals surface area (Å²) in [5, 5.41) is 3.27. The smallest absolute Gasteiger partial charge is 0.203 e. The van der Waals surface area contributed by atoms with Crippen LogP contribution in [-0.2, 0) is 4.74 Å². The van der Waals surface area contributed by atoms with Crippen LogP contribution in [0.1, 0.15) is 31.9 Å². The molecule has 0 aliphatic heterocycles. The van der Waals surface area contributed by atoms with Crippen LogP contribution in [0.2, 0.25) is 0 Å². The fourth-order valence-electron chi connectivity index (χ4n) is 2.24. The van der Waals surface area contributed by atoms with Gasteiger partial charge in [-0.2, -0.15) is 0 Å². The lowest BCUT2D eigenvalue weighted by Crippen LogP contribution is -2.14. The molecule has 1 atom stereocenters. The lowest BCUT2D eigenvalue weighted by Gasteiger charge is -2.18. The first-order valence-electron chi connectivity index (χ1n) is 7.33. The monoisotopic (exact) mass is 291 g/mol. The van der Waals surface area contributed by atoms with Crippen molar-refractivity contribution in [2.75, 3.05) is 25.1 Å². The highest BCUT2D eigenvalue weighted by atomic mass is 19.1. The van der Waals surface area contributed by atoms with Gasteiger partial charge in [0.25, 0.3) is 0 Å². The average molecular weight is 291 g/mol. The first-order valence-corrected chi connectivity index (χ1v) is 7.33. The molecule has 21 heavy (non-hydrogen) atoms. The van der Waals surface area contributed by atoms with Gasteiger partial charge in [0.2, 0.25) is 5.95 Å². The van der Waals surface area contributed by atoms with E-state index < -0.39 is 0 Å². The van der Waals surface area contributed by atoms with Crippen molar-refractivity contribution in [2.24, 2.45) is 0 Å². The van der Waals surface area contributed by atoms with E-state index in [-0.39, 0.29) is 11.9 Å². The SMILES string of the molecule is CCOCCCNc1nccn1C(C)c1ccccc1F. The number of aromatic nitrogens is 2. The molecule has 114 valence electrons. The molecule has 5 heteroatoms. The van der Waals surface area contributed by atoms with E-state index >= 15 is 0 Å². The van der Waals surface area contributed by atoms with Gasteiger partial charge < -0.3 is 14.6 Å². The van der Waals surface area contributed by atoms with Crippen LogP contribution in [0, 0.1) is 5.82 Å². The number of halogens is 1. The predicted molar refractivity (Wildman–Crippen MR) is 82.0 cm³/mol. The lowest BCUT2D eigenvalue weighted by atomic mass is 10.1. The molecule has 0 bridgehead atoms. The Balaban J connectivity index is 2.01. The predicted octanol–water partition coefficient (Wildman–Crippen LogP) is 3.47. The Hall–Kier alpha value is -1.88. The van der Waals surface area contributed by atoms with Crippen LogP contribution in [0.25, 0.3) is 0 Å². The number of imidazole rings is 1. The number of nitrogens with zero attached hydrogens (tertiary/aromatic N) is 2. The molecule has 1 heterocycles. The number of hydrogen-bond donors (Lipinski definition) is 1. The van der Waals surface area contributed by atoms with Gasteiger partial charge in [-0.25, -0.2) is 9.37 Å². The second-order valence-corrected chi connectivity index (χ2v) is 4.83. The van der Waals surface area contributed by atoms with Crippen molar-refractivity contribution in [1.82, 2.24) is 9.55 Å². The van der Waals surface area contributed by atoms with Crippen LogP contribution < -0.4 is 5.32 Å². The molecule has 0 fully saturated rings. The van der Waals surface area contributed by atoms with Crippen LogP contribution >= 0.6 is 0 Å². The Morgan fingerprint density at radius 2 is 2.19 bits per heavy atom. The van der Waals surface area contributed by atoms with E-state index in [1.165, 1.54) is 6.07 Å². The van der Waals surface area contributed by atoms with Gasteiger partial charge >= 0.3 is 0 Å². The zero-order chi connectivity index (χ0) is 15.1. The average Bonchev–Trinajstić information content (AvgIpc) is 2.95. The van der Waals surface area contributed by atoms with Gasteiger partial charge in [-0.1, -0.05) is 18.2 Å². The number of rotatable bonds is 8. The van der Waals surface area contributed by atoms with E-state index in [1.54, 1.807) is 18.3 Å². The maximum atomic E-state index is 13.9. The second-order valence-electron chi connectivity index (χ2n) is 4.83. The molecular weight excluding hydrogens is 269 g/mol. The van der Waals surface area contributed by atoms with Gasteiger partial charge in [0, 0.05) is 37.7 Å². The summed E-state index contributed by atoms with van der Waals surface area (Å²) in [5.74, 6) is 0.559. The molecule has 1 unspecified atom stereocenters. The van der Waals surface area contributed by atoms with Crippen LogP contribution in [0.15, 0.2) is 36.7 Å². The fraction of sp³-hybridized carbons (Fsp3) is 0.438. The molecule has 1 aromatic carbocycles. The van der Waals surface area contributed by atoms with Gasteiger partial charge in [-0.05, 0) is 26.3 Å². The minimum atomic E-state index is -0.194. The third-order valence-electron chi connectivity index (χ3n) is 3.39. The number of hydrogen-bond acceptors (Lipinski definition) is 3. The minimum absolute atomic E-state index is 0.108. The number of benzene rings is 1. The van der Waals surface area contributed by atoms with Gasteiger partial charge in [-0.3, -0.25) is 0 Å². The van der Waals surface area contributed by atoms with E-state index in [0.29, 0.717) is 5.56 Å². The largest absolute Gasteiger partial charge is 0.382 e. The topological polar surface area (TPSA) is 39.1 Å². The van der Waals surface area contributed by atoms with Crippen molar-refractivity contribution in [3.8, 4) is 0 Å². The van der Waals surface area contributed by atoms with Crippen LogP contribution in [0.3, 0.4) is 0 Å². The maximum Gasteiger partial charge on any atom is 0.203 e. The molecular formula is C16H22FN3O. The highest BCUT2D eigenvalue weighted by Crippen LogP contribution is 2.23. The molecule has 4 nitrogen and oxygen atoms in total. The summed E-state index contributed by atoms with van der Waals surface area (Å²) in [6, 6.07) is 6.73. The third-order valence-corrected chi connectivity index (χ3v) is 3.39. The van der Waals surface area contributed by atoms with E-state index in [4.69, 9.17) is 4.74 Å². The molecule has 1 N–H and O–H groups in total. The minimum Gasteiger partial charge on any atom is -0.382 e. The van der Waals surface area contributed by atoms with E-state index in [1.807, 2.05) is 30.7 Å². The lowest BCUT2D eigenvalue weighted by molar-refractivity contribution is 0.147. The highest BCUT2D eigenvalue weighted by Gasteiger charge is 2.14. The first kappa shape index (κ1) is 15.5. The van der Waals surface area contributed by atoms with Crippen LogP contribution in [-0.4, -0.2) is 29.3 Å². The Labute approximate surface area is 125 Å². The number of ether oxygens (including phenoxy) is 1. The Bertz CT molecular complexity index is 556. The zero-order valence-electron chi connectivity index (χ0n) is 12.6. The Kier molecular flexibility index (Phi) is 5.75. The van der Waals surface area contributed by atoms with Crippen molar-refractivity contribution in [3.63, 3.8) is 0 Å². The summed E-state index contributed by atoms with van der Waals surface area (Å²) < 4.78 is 21.1. The second kappa shape index (κ2) is 7.78. The van der Waals surface area contributed by atoms with Crippen molar-refractivity contribution < 1.29 is 9.13 Å². The van der Waals surface area contributed by atoms with Gasteiger partial charge in [0.1, 0.15) is 5.82 Å². The van der Waals surface area contributed by atoms with Crippen LogP contribution in [0.4, 0.5) is 10.3 Å². The molecule has 0 saturated carbocycles. The molecule has 0 amide bonds. The highest BCUT2D eigenvalue weighted by molar-refractivity contribution is 5.31. The van der Waals surface area contributed by atoms with E-state index in [2.05, 4.69) is 10.3 Å². The summed E-state index contributed by atoms with van der Waals surface area (Å²) in [6.07, 6.45) is 4.50. The summed E-state index contributed by atoms with van der Waals surface area (Å²) in [4.78, 5) is 4.30. The van der Waals surface area contributed by atoms with Crippen molar-refractivity contribution in [1.29, 1.82) is 0 Å².